The van der Waals surface area contributed by atoms with Gasteiger partial charge in [0.15, 0.2) is 0 Å². The van der Waals surface area contributed by atoms with Gasteiger partial charge in [-0.15, -0.1) is 0 Å². The van der Waals surface area contributed by atoms with Gasteiger partial charge in [-0.05, 0) is 38.0 Å². The van der Waals surface area contributed by atoms with Crippen molar-refractivity contribution in [2.45, 2.75) is 20.8 Å². The lowest BCUT2D eigenvalue weighted by Gasteiger charge is -2.10. The maximum absolute atomic E-state index is 5.87. The molecule has 0 aliphatic carbocycles. The monoisotopic (exact) mass is 242 g/mol. The van der Waals surface area contributed by atoms with E-state index in [1.165, 1.54) is 5.56 Å². The molecule has 1 heterocycles. The number of aryl methyl sites for hydroxylation is 2. The standard InChI is InChI=1S/C15H18N2O/c1-4-17-13-8-14(10-16-9-13)18-15-7-11(2)5-6-12(15)3/h5-10,17H,4H2,1-3H3. The number of rotatable bonds is 4. The minimum atomic E-state index is 0.752. The predicted molar refractivity (Wildman–Crippen MR) is 74.4 cm³/mol. The van der Waals surface area contributed by atoms with Crippen LogP contribution in [0.2, 0.25) is 0 Å². The third-order valence-corrected chi connectivity index (χ3v) is 2.67. The van der Waals surface area contributed by atoms with Gasteiger partial charge in [0.1, 0.15) is 11.5 Å². The Hall–Kier alpha value is -2.03. The molecule has 2 aromatic rings. The molecule has 0 spiro atoms. The topological polar surface area (TPSA) is 34.2 Å². The number of anilines is 1. The highest BCUT2D eigenvalue weighted by atomic mass is 16.5. The van der Waals surface area contributed by atoms with Crippen LogP contribution in [0.1, 0.15) is 18.1 Å². The Labute approximate surface area is 108 Å². The molecule has 94 valence electrons. The highest BCUT2D eigenvalue weighted by molar-refractivity contribution is 5.47. The van der Waals surface area contributed by atoms with Crippen LogP contribution in [0.3, 0.4) is 0 Å². The van der Waals surface area contributed by atoms with Crippen LogP contribution in [0.5, 0.6) is 11.5 Å². The Kier molecular flexibility index (Phi) is 3.82. The molecule has 0 aliphatic rings. The summed E-state index contributed by atoms with van der Waals surface area (Å²) in [6.07, 6.45) is 3.52. The van der Waals surface area contributed by atoms with Gasteiger partial charge >= 0.3 is 0 Å². The molecule has 0 amide bonds. The lowest BCUT2D eigenvalue weighted by Crippen LogP contribution is -1.97. The fraction of sp³-hybridized carbons (Fsp3) is 0.267. The summed E-state index contributed by atoms with van der Waals surface area (Å²) in [7, 11) is 0. The Balaban J connectivity index is 2.22. The van der Waals surface area contributed by atoms with Crippen molar-refractivity contribution in [3.8, 4) is 11.5 Å². The average Bonchev–Trinajstić information content (AvgIpc) is 2.35. The summed E-state index contributed by atoms with van der Waals surface area (Å²) in [5.41, 5.74) is 3.28. The molecule has 0 saturated heterocycles. The second kappa shape index (κ2) is 5.54. The van der Waals surface area contributed by atoms with Crippen LogP contribution < -0.4 is 10.1 Å². The molecular weight excluding hydrogens is 224 g/mol. The average molecular weight is 242 g/mol. The van der Waals surface area contributed by atoms with Crippen LogP contribution in [0, 0.1) is 13.8 Å². The molecule has 1 aromatic heterocycles. The molecule has 0 saturated carbocycles. The summed E-state index contributed by atoms with van der Waals surface area (Å²) < 4.78 is 5.87. The molecule has 0 aliphatic heterocycles. The van der Waals surface area contributed by atoms with E-state index in [1.807, 2.05) is 19.1 Å². The van der Waals surface area contributed by atoms with Crippen molar-refractivity contribution < 1.29 is 4.74 Å². The van der Waals surface area contributed by atoms with E-state index < -0.39 is 0 Å². The van der Waals surface area contributed by atoms with Gasteiger partial charge in [-0.2, -0.15) is 0 Å². The van der Waals surface area contributed by atoms with E-state index in [-0.39, 0.29) is 0 Å². The molecule has 0 radical (unpaired) electrons. The van der Waals surface area contributed by atoms with Crippen LogP contribution in [0.25, 0.3) is 0 Å². The number of ether oxygens (including phenoxy) is 1. The lowest BCUT2D eigenvalue weighted by molar-refractivity contribution is 0.476. The van der Waals surface area contributed by atoms with Crippen LogP contribution in [-0.4, -0.2) is 11.5 Å². The van der Waals surface area contributed by atoms with Crippen LogP contribution >= 0.6 is 0 Å². The second-order valence-electron chi connectivity index (χ2n) is 4.31. The van der Waals surface area contributed by atoms with Crippen LogP contribution in [0.15, 0.2) is 36.7 Å². The molecule has 0 unspecified atom stereocenters. The van der Waals surface area contributed by atoms with Crippen molar-refractivity contribution in [3.63, 3.8) is 0 Å². The molecule has 0 fully saturated rings. The first-order chi connectivity index (χ1) is 8.69. The van der Waals surface area contributed by atoms with Crippen molar-refractivity contribution in [1.29, 1.82) is 0 Å². The van der Waals surface area contributed by atoms with Gasteiger partial charge in [-0.3, -0.25) is 4.98 Å². The smallest absolute Gasteiger partial charge is 0.147 e. The highest BCUT2D eigenvalue weighted by Gasteiger charge is 2.03. The van der Waals surface area contributed by atoms with Crippen molar-refractivity contribution >= 4 is 5.69 Å². The van der Waals surface area contributed by atoms with E-state index in [9.17, 15) is 0 Å². The van der Waals surface area contributed by atoms with Gasteiger partial charge in [0.25, 0.3) is 0 Å². The van der Waals surface area contributed by atoms with E-state index >= 15 is 0 Å². The quantitative estimate of drug-likeness (QED) is 0.882. The molecule has 18 heavy (non-hydrogen) atoms. The third kappa shape index (κ3) is 3.00. The van der Waals surface area contributed by atoms with Crippen molar-refractivity contribution in [3.05, 3.63) is 47.8 Å². The fourth-order valence-corrected chi connectivity index (χ4v) is 1.72. The first kappa shape index (κ1) is 12.4. The SMILES string of the molecule is CCNc1cncc(Oc2cc(C)ccc2C)c1. The summed E-state index contributed by atoms with van der Waals surface area (Å²) in [6, 6.07) is 8.13. The number of benzene rings is 1. The van der Waals surface area contributed by atoms with Gasteiger partial charge in [0.05, 0.1) is 18.1 Å². The zero-order chi connectivity index (χ0) is 13.0. The minimum Gasteiger partial charge on any atom is -0.455 e. The maximum atomic E-state index is 5.87. The van der Waals surface area contributed by atoms with E-state index in [2.05, 4.69) is 36.3 Å². The summed E-state index contributed by atoms with van der Waals surface area (Å²) in [4.78, 5) is 4.16. The summed E-state index contributed by atoms with van der Waals surface area (Å²) in [5, 5.41) is 3.22. The Morgan fingerprint density at radius 3 is 2.78 bits per heavy atom. The predicted octanol–water partition coefficient (Wildman–Crippen LogP) is 3.92. The van der Waals surface area contributed by atoms with E-state index in [1.54, 1.807) is 12.4 Å². The lowest BCUT2D eigenvalue weighted by atomic mass is 10.1. The van der Waals surface area contributed by atoms with Crippen LogP contribution in [0.4, 0.5) is 5.69 Å². The van der Waals surface area contributed by atoms with Crippen molar-refractivity contribution in [2.75, 3.05) is 11.9 Å². The number of nitrogens with zero attached hydrogens (tertiary/aromatic N) is 1. The van der Waals surface area contributed by atoms with E-state index in [4.69, 9.17) is 4.74 Å². The van der Waals surface area contributed by atoms with Gasteiger partial charge in [-0.25, -0.2) is 0 Å². The summed E-state index contributed by atoms with van der Waals surface area (Å²) >= 11 is 0. The first-order valence-electron chi connectivity index (χ1n) is 6.13. The van der Waals surface area contributed by atoms with E-state index in [0.29, 0.717) is 0 Å². The molecule has 3 heteroatoms. The molecule has 1 N–H and O–H groups in total. The molecule has 0 bridgehead atoms. The zero-order valence-corrected chi connectivity index (χ0v) is 11.0. The minimum absolute atomic E-state index is 0.752. The van der Waals surface area contributed by atoms with Gasteiger partial charge in [0, 0.05) is 12.6 Å². The molecule has 3 nitrogen and oxygen atoms in total. The van der Waals surface area contributed by atoms with Crippen molar-refractivity contribution in [1.82, 2.24) is 4.98 Å². The molecular formula is C15H18N2O. The Morgan fingerprint density at radius 1 is 1.17 bits per heavy atom. The largest absolute Gasteiger partial charge is 0.455 e. The van der Waals surface area contributed by atoms with Gasteiger partial charge in [-0.1, -0.05) is 12.1 Å². The second-order valence-corrected chi connectivity index (χ2v) is 4.31. The normalized spacial score (nSPS) is 10.2. The highest BCUT2D eigenvalue weighted by Crippen LogP contribution is 2.26. The number of nitrogens with one attached hydrogen (secondary N) is 1. The number of pyridine rings is 1. The third-order valence-electron chi connectivity index (χ3n) is 2.67. The summed E-state index contributed by atoms with van der Waals surface area (Å²) in [5.74, 6) is 1.63. The Morgan fingerprint density at radius 2 is 2.00 bits per heavy atom. The van der Waals surface area contributed by atoms with Gasteiger partial charge < -0.3 is 10.1 Å². The molecule has 1 aromatic carbocycles. The summed E-state index contributed by atoms with van der Waals surface area (Å²) in [6.45, 7) is 7.02. The molecule has 0 atom stereocenters. The fourth-order valence-electron chi connectivity index (χ4n) is 1.72. The van der Waals surface area contributed by atoms with Gasteiger partial charge in [0.2, 0.25) is 0 Å². The maximum Gasteiger partial charge on any atom is 0.147 e. The Bertz CT molecular complexity index is 538. The van der Waals surface area contributed by atoms with E-state index in [0.717, 1.165) is 29.3 Å². The number of hydrogen-bond acceptors (Lipinski definition) is 3. The van der Waals surface area contributed by atoms with Crippen molar-refractivity contribution in [2.24, 2.45) is 0 Å². The molecule has 2 rings (SSSR count). The first-order valence-corrected chi connectivity index (χ1v) is 6.13. The number of hydrogen-bond donors (Lipinski definition) is 1. The van der Waals surface area contributed by atoms with Crippen LogP contribution in [-0.2, 0) is 0 Å². The number of aromatic nitrogens is 1. The zero-order valence-electron chi connectivity index (χ0n) is 11.0.